The number of primary amides is 1. The first-order valence-electron chi connectivity index (χ1n) is 9.88. The number of allylic oxidation sites excluding steroid dienone is 3. The van der Waals surface area contributed by atoms with Gasteiger partial charge in [-0.1, -0.05) is 41.1 Å². The number of carbonyl (C=O) groups excluding carboxylic acids is 1. The van der Waals surface area contributed by atoms with Crippen molar-refractivity contribution >= 4 is 34.7 Å². The van der Waals surface area contributed by atoms with Gasteiger partial charge >= 0.3 is 0 Å². The van der Waals surface area contributed by atoms with Gasteiger partial charge in [0.25, 0.3) is 5.91 Å². The molecule has 2 aromatic rings. The van der Waals surface area contributed by atoms with Crippen LogP contribution in [0.2, 0.25) is 0 Å². The summed E-state index contributed by atoms with van der Waals surface area (Å²) in [7, 11) is 1.64. The van der Waals surface area contributed by atoms with Gasteiger partial charge in [0.05, 0.1) is 21.9 Å². The van der Waals surface area contributed by atoms with Crippen LogP contribution in [-0.4, -0.2) is 29.7 Å². The molecule has 2 aliphatic carbocycles. The minimum atomic E-state index is -0.421. The van der Waals surface area contributed by atoms with E-state index in [-0.39, 0.29) is 5.92 Å². The Morgan fingerprint density at radius 1 is 1.33 bits per heavy atom. The first-order valence-corrected chi connectivity index (χ1v) is 11.7. The van der Waals surface area contributed by atoms with E-state index in [2.05, 4.69) is 23.4 Å². The first-order chi connectivity index (χ1) is 14.6. The molecular weight excluding hydrogens is 416 g/mol. The molecule has 1 heterocycles. The first kappa shape index (κ1) is 20.8. The average Bonchev–Trinajstić information content (AvgIpc) is 3.17. The number of methoxy groups -OCH3 is 1. The monoisotopic (exact) mass is 440 g/mol. The van der Waals surface area contributed by atoms with Gasteiger partial charge in [0.15, 0.2) is 0 Å². The van der Waals surface area contributed by atoms with Crippen molar-refractivity contribution in [3.05, 3.63) is 69.6 Å². The second-order valence-electron chi connectivity index (χ2n) is 7.44. The van der Waals surface area contributed by atoms with Crippen LogP contribution in [-0.2, 0) is 6.42 Å². The molecule has 2 aliphatic rings. The molecule has 1 amide bonds. The molecule has 156 valence electrons. The number of benzene rings is 1. The number of fused-ring (bicyclic) bond motifs is 1. The van der Waals surface area contributed by atoms with E-state index in [0.717, 1.165) is 45.2 Å². The number of nitrogens with two attached hydrogens (primary N) is 1. The number of amides is 1. The maximum Gasteiger partial charge on any atom is 0.259 e. The van der Waals surface area contributed by atoms with Crippen LogP contribution in [0.15, 0.2) is 57.4 Å². The van der Waals surface area contributed by atoms with E-state index in [4.69, 9.17) is 10.5 Å². The van der Waals surface area contributed by atoms with Gasteiger partial charge in [0, 0.05) is 17.7 Å². The van der Waals surface area contributed by atoms with Crippen LogP contribution in [0.4, 0.5) is 0 Å². The lowest BCUT2D eigenvalue weighted by atomic mass is 9.80. The van der Waals surface area contributed by atoms with Gasteiger partial charge in [-0.3, -0.25) is 4.79 Å². The van der Waals surface area contributed by atoms with E-state index in [0.29, 0.717) is 23.4 Å². The molecule has 30 heavy (non-hydrogen) atoms. The number of thiophene rings is 1. The fraction of sp³-hybridized carbons (Fsp3) is 0.304. The Hall–Kier alpha value is -2.51. The highest BCUT2D eigenvalue weighted by atomic mass is 32.2. The van der Waals surface area contributed by atoms with Crippen LogP contribution >= 0.6 is 23.1 Å². The van der Waals surface area contributed by atoms with Crippen molar-refractivity contribution in [3.63, 3.8) is 0 Å². The van der Waals surface area contributed by atoms with Crippen LogP contribution in [0.1, 0.15) is 51.5 Å². The maximum atomic E-state index is 12.2. The molecule has 7 heteroatoms. The molecule has 0 saturated heterocycles. The number of carbonyl (C=O) groups is 1. The van der Waals surface area contributed by atoms with Crippen LogP contribution < -0.4 is 10.5 Å². The summed E-state index contributed by atoms with van der Waals surface area (Å²) in [5, 5.41) is 13.4. The highest BCUT2D eigenvalue weighted by Crippen LogP contribution is 2.44. The molecule has 0 fully saturated rings. The van der Waals surface area contributed by atoms with Crippen molar-refractivity contribution < 1.29 is 14.7 Å². The fourth-order valence-electron chi connectivity index (χ4n) is 4.02. The minimum Gasteiger partial charge on any atom is -0.497 e. The van der Waals surface area contributed by atoms with Crippen molar-refractivity contribution in [2.24, 2.45) is 10.9 Å². The van der Waals surface area contributed by atoms with E-state index >= 15 is 0 Å². The predicted octanol–water partition coefficient (Wildman–Crippen LogP) is 5.13. The molecule has 0 radical (unpaired) electrons. The number of ether oxygens (including phenoxy) is 1. The third-order valence-electron chi connectivity index (χ3n) is 5.57. The SMILES string of the molecule is COc1ccc([C@H]2C/C(=N\O)c3c(SCC4=CC=CCC4)sc(C(N)=O)c3C2)cc1. The lowest BCUT2D eigenvalue weighted by Crippen LogP contribution is -2.22. The molecule has 1 aromatic carbocycles. The summed E-state index contributed by atoms with van der Waals surface area (Å²) in [6, 6.07) is 7.91. The van der Waals surface area contributed by atoms with E-state index in [1.807, 2.05) is 24.3 Å². The molecule has 3 N–H and O–H groups in total. The van der Waals surface area contributed by atoms with Gasteiger partial charge in [-0.15, -0.1) is 23.1 Å². The van der Waals surface area contributed by atoms with E-state index in [9.17, 15) is 10.0 Å². The molecule has 5 nitrogen and oxygen atoms in total. The molecule has 0 unspecified atom stereocenters. The summed E-state index contributed by atoms with van der Waals surface area (Å²) in [4.78, 5) is 12.8. The molecule has 1 aromatic heterocycles. The zero-order valence-corrected chi connectivity index (χ0v) is 18.4. The number of nitrogens with zero attached hydrogens (tertiary/aromatic N) is 1. The summed E-state index contributed by atoms with van der Waals surface area (Å²) in [5.41, 5.74) is 10.7. The van der Waals surface area contributed by atoms with Gasteiger partial charge in [0.1, 0.15) is 5.75 Å². The molecule has 1 atom stereocenters. The molecule has 0 aliphatic heterocycles. The summed E-state index contributed by atoms with van der Waals surface area (Å²) < 4.78 is 6.26. The Bertz CT molecular complexity index is 1040. The number of hydrogen-bond donors (Lipinski definition) is 2. The second-order valence-corrected chi connectivity index (χ2v) is 9.71. The topological polar surface area (TPSA) is 84.9 Å². The van der Waals surface area contributed by atoms with E-state index in [1.54, 1.807) is 18.9 Å². The molecular formula is C23H24N2O3S2. The Morgan fingerprint density at radius 2 is 2.13 bits per heavy atom. The van der Waals surface area contributed by atoms with Crippen molar-refractivity contribution in [3.8, 4) is 5.75 Å². The standard InChI is InChI=1S/C23H24N2O3S2/c1-28-17-9-7-15(8-10-17)16-11-18-20(19(12-16)25-27)23(30-21(18)22(24)26)29-13-14-5-3-2-4-6-14/h2-3,5,7-10,16,27H,4,6,11-13H2,1H3,(H2,24,26)/b25-19+/t16-/m1/s1. The predicted molar refractivity (Wildman–Crippen MR) is 122 cm³/mol. The van der Waals surface area contributed by atoms with Crippen molar-refractivity contribution in [1.29, 1.82) is 0 Å². The van der Waals surface area contributed by atoms with E-state index in [1.165, 1.54) is 16.9 Å². The number of oxime groups is 1. The molecule has 0 saturated carbocycles. The van der Waals surface area contributed by atoms with Gasteiger partial charge in [-0.25, -0.2) is 0 Å². The summed E-state index contributed by atoms with van der Waals surface area (Å²) in [6.07, 6.45) is 9.85. The lowest BCUT2D eigenvalue weighted by molar-refractivity contribution is 0.100. The third kappa shape index (κ3) is 4.18. The van der Waals surface area contributed by atoms with Gasteiger partial charge in [0.2, 0.25) is 0 Å². The van der Waals surface area contributed by atoms with Crippen LogP contribution in [0.3, 0.4) is 0 Å². The highest BCUT2D eigenvalue weighted by Gasteiger charge is 2.33. The molecule has 4 rings (SSSR count). The number of thioether (sulfide) groups is 1. The van der Waals surface area contributed by atoms with Crippen molar-refractivity contribution in [2.75, 3.05) is 12.9 Å². The zero-order valence-electron chi connectivity index (χ0n) is 16.8. The number of hydrogen-bond acceptors (Lipinski definition) is 6. The van der Waals surface area contributed by atoms with Gasteiger partial charge in [-0.2, -0.15) is 0 Å². The largest absolute Gasteiger partial charge is 0.497 e. The zero-order chi connectivity index (χ0) is 21.1. The van der Waals surface area contributed by atoms with Crippen LogP contribution in [0.5, 0.6) is 5.75 Å². The summed E-state index contributed by atoms with van der Waals surface area (Å²) in [6.45, 7) is 0. The van der Waals surface area contributed by atoms with Gasteiger partial charge < -0.3 is 15.7 Å². The minimum absolute atomic E-state index is 0.117. The summed E-state index contributed by atoms with van der Waals surface area (Å²) in [5.74, 6) is 1.35. The van der Waals surface area contributed by atoms with Crippen LogP contribution in [0, 0.1) is 0 Å². The smallest absolute Gasteiger partial charge is 0.259 e. The van der Waals surface area contributed by atoms with Gasteiger partial charge in [-0.05, 0) is 48.4 Å². The van der Waals surface area contributed by atoms with Crippen molar-refractivity contribution in [2.45, 2.75) is 35.8 Å². The van der Waals surface area contributed by atoms with E-state index < -0.39 is 5.91 Å². The Labute approximate surface area is 184 Å². The normalized spacial score (nSPS) is 19.4. The second kappa shape index (κ2) is 9.10. The molecule has 0 spiro atoms. The Morgan fingerprint density at radius 3 is 2.77 bits per heavy atom. The summed E-state index contributed by atoms with van der Waals surface area (Å²) >= 11 is 3.13. The maximum absolute atomic E-state index is 12.2. The Balaban J connectivity index is 1.66. The fourth-order valence-corrected chi connectivity index (χ4v) is 6.56. The third-order valence-corrected chi connectivity index (χ3v) is 8.20. The van der Waals surface area contributed by atoms with Crippen molar-refractivity contribution in [1.82, 2.24) is 0 Å². The Kier molecular flexibility index (Phi) is 6.29. The average molecular weight is 441 g/mol. The quantitative estimate of drug-likeness (QED) is 0.370. The highest BCUT2D eigenvalue weighted by molar-refractivity contribution is 8.01. The molecule has 0 bridgehead atoms. The van der Waals surface area contributed by atoms with Crippen LogP contribution in [0.25, 0.3) is 0 Å². The number of rotatable bonds is 6. The lowest BCUT2D eigenvalue weighted by Gasteiger charge is -2.25.